The Morgan fingerprint density at radius 2 is 1.90 bits per heavy atom. The zero-order valence-electron chi connectivity index (χ0n) is 12.4. The number of rotatable bonds is 3. The fourth-order valence-electron chi connectivity index (χ4n) is 2.11. The minimum Gasteiger partial charge on any atom is -0.362 e. The van der Waals surface area contributed by atoms with Crippen molar-refractivity contribution in [2.75, 3.05) is 20.3 Å². The standard InChI is InChI=1S/C9H7N.C8H16N2/c1-2-6-9-8(4-1)5-3-7-10-9;1-3-4-5-10-7-6-9(2)8-10/h1-7H;6-7H,3-5,8H2,1-2H3. The number of para-hydroxylation sites is 1. The summed E-state index contributed by atoms with van der Waals surface area (Å²) in [5.74, 6) is 0. The molecule has 1 aliphatic heterocycles. The first-order valence-corrected chi connectivity index (χ1v) is 7.22. The van der Waals surface area contributed by atoms with E-state index in [1.165, 1.54) is 24.8 Å². The van der Waals surface area contributed by atoms with Crippen LogP contribution in [0.25, 0.3) is 10.9 Å². The Kier molecular flexibility index (Phi) is 5.42. The molecule has 1 aromatic carbocycles. The first kappa shape index (κ1) is 14.4. The van der Waals surface area contributed by atoms with Gasteiger partial charge in [-0.1, -0.05) is 37.6 Å². The van der Waals surface area contributed by atoms with Crippen LogP contribution >= 0.6 is 0 Å². The van der Waals surface area contributed by atoms with Gasteiger partial charge in [0, 0.05) is 37.6 Å². The molecule has 0 spiro atoms. The Morgan fingerprint density at radius 3 is 2.60 bits per heavy atom. The van der Waals surface area contributed by atoms with Crippen LogP contribution in [0.3, 0.4) is 0 Å². The van der Waals surface area contributed by atoms with E-state index in [0.717, 1.165) is 12.2 Å². The van der Waals surface area contributed by atoms with Crippen LogP contribution < -0.4 is 0 Å². The summed E-state index contributed by atoms with van der Waals surface area (Å²) >= 11 is 0. The van der Waals surface area contributed by atoms with Gasteiger partial charge in [0.05, 0.1) is 12.2 Å². The monoisotopic (exact) mass is 269 g/mol. The highest BCUT2D eigenvalue weighted by atomic mass is 15.3. The number of benzene rings is 1. The second-order valence-corrected chi connectivity index (χ2v) is 5.06. The highest BCUT2D eigenvalue weighted by Crippen LogP contribution is 2.08. The lowest BCUT2D eigenvalue weighted by molar-refractivity contribution is 0.293. The molecule has 1 aliphatic rings. The molecule has 0 bridgehead atoms. The first-order chi connectivity index (χ1) is 9.79. The Labute approximate surface area is 121 Å². The molecule has 3 nitrogen and oxygen atoms in total. The van der Waals surface area contributed by atoms with Crippen molar-refractivity contribution in [1.82, 2.24) is 14.8 Å². The molecule has 0 atom stereocenters. The Balaban J connectivity index is 0.000000147. The van der Waals surface area contributed by atoms with E-state index in [-0.39, 0.29) is 0 Å². The lowest BCUT2D eigenvalue weighted by Gasteiger charge is -2.17. The molecule has 1 aromatic heterocycles. The zero-order chi connectivity index (χ0) is 14.2. The van der Waals surface area contributed by atoms with Crippen LogP contribution in [0.2, 0.25) is 0 Å². The number of fused-ring (bicyclic) bond motifs is 1. The first-order valence-electron chi connectivity index (χ1n) is 7.22. The van der Waals surface area contributed by atoms with Crippen LogP contribution in [0, 0.1) is 0 Å². The van der Waals surface area contributed by atoms with Crippen LogP contribution in [0.15, 0.2) is 55.0 Å². The molecule has 0 radical (unpaired) electrons. The van der Waals surface area contributed by atoms with E-state index in [9.17, 15) is 0 Å². The molecule has 2 aromatic rings. The van der Waals surface area contributed by atoms with Crippen LogP contribution in [-0.4, -0.2) is 35.0 Å². The van der Waals surface area contributed by atoms with Gasteiger partial charge >= 0.3 is 0 Å². The van der Waals surface area contributed by atoms with Gasteiger partial charge in [-0.3, -0.25) is 4.98 Å². The van der Waals surface area contributed by atoms with Crippen molar-refractivity contribution in [3.05, 3.63) is 55.0 Å². The van der Waals surface area contributed by atoms with E-state index in [1.807, 2.05) is 30.5 Å². The molecular formula is C17H23N3. The van der Waals surface area contributed by atoms with Crippen molar-refractivity contribution >= 4 is 10.9 Å². The average Bonchev–Trinajstić information content (AvgIpc) is 2.91. The van der Waals surface area contributed by atoms with E-state index >= 15 is 0 Å². The Bertz CT molecular complexity index is 485. The predicted octanol–water partition coefficient (Wildman–Crippen LogP) is 3.70. The molecule has 0 saturated heterocycles. The fraction of sp³-hybridized carbons (Fsp3) is 0.353. The highest BCUT2D eigenvalue weighted by Gasteiger charge is 2.05. The zero-order valence-corrected chi connectivity index (χ0v) is 12.4. The van der Waals surface area contributed by atoms with Crippen molar-refractivity contribution in [2.45, 2.75) is 19.8 Å². The minimum atomic E-state index is 1.06. The summed E-state index contributed by atoms with van der Waals surface area (Å²) in [7, 11) is 2.10. The van der Waals surface area contributed by atoms with Crippen molar-refractivity contribution in [3.8, 4) is 0 Å². The molecule has 20 heavy (non-hydrogen) atoms. The summed E-state index contributed by atoms with van der Waals surface area (Å²) in [5, 5.41) is 1.20. The summed E-state index contributed by atoms with van der Waals surface area (Å²) in [4.78, 5) is 8.71. The Morgan fingerprint density at radius 1 is 1.10 bits per heavy atom. The van der Waals surface area contributed by atoms with E-state index in [0.29, 0.717) is 0 Å². The van der Waals surface area contributed by atoms with Gasteiger partial charge in [-0.25, -0.2) is 0 Å². The van der Waals surface area contributed by atoms with Crippen molar-refractivity contribution in [2.24, 2.45) is 0 Å². The number of unbranched alkanes of at least 4 members (excludes halogenated alkanes) is 1. The minimum absolute atomic E-state index is 1.06. The smallest absolute Gasteiger partial charge is 0.0890 e. The molecule has 2 heterocycles. The molecular weight excluding hydrogens is 246 g/mol. The summed E-state index contributed by atoms with van der Waals surface area (Å²) in [5.41, 5.74) is 1.06. The summed E-state index contributed by atoms with van der Waals surface area (Å²) in [6, 6.07) is 12.1. The van der Waals surface area contributed by atoms with Gasteiger partial charge in [0.2, 0.25) is 0 Å². The normalized spacial score (nSPS) is 13.5. The van der Waals surface area contributed by atoms with Gasteiger partial charge in [0.1, 0.15) is 0 Å². The summed E-state index contributed by atoms with van der Waals surface area (Å²) in [6.07, 6.45) is 8.68. The third-order valence-electron chi connectivity index (χ3n) is 3.25. The second kappa shape index (κ2) is 7.53. The number of hydrogen-bond acceptors (Lipinski definition) is 3. The van der Waals surface area contributed by atoms with Gasteiger partial charge in [0.25, 0.3) is 0 Å². The average molecular weight is 269 g/mol. The van der Waals surface area contributed by atoms with E-state index < -0.39 is 0 Å². The van der Waals surface area contributed by atoms with Gasteiger partial charge in [-0.05, 0) is 18.6 Å². The topological polar surface area (TPSA) is 19.4 Å². The third kappa shape index (κ3) is 4.26. The van der Waals surface area contributed by atoms with Gasteiger partial charge in [-0.15, -0.1) is 0 Å². The summed E-state index contributed by atoms with van der Waals surface area (Å²) in [6.45, 7) is 4.50. The van der Waals surface area contributed by atoms with Gasteiger partial charge in [0.15, 0.2) is 0 Å². The molecule has 106 valence electrons. The van der Waals surface area contributed by atoms with Crippen molar-refractivity contribution in [1.29, 1.82) is 0 Å². The maximum atomic E-state index is 4.18. The Hall–Kier alpha value is -2.03. The van der Waals surface area contributed by atoms with Crippen molar-refractivity contribution in [3.63, 3.8) is 0 Å². The number of nitrogens with zero attached hydrogens (tertiary/aromatic N) is 3. The van der Waals surface area contributed by atoms with E-state index in [4.69, 9.17) is 0 Å². The maximum Gasteiger partial charge on any atom is 0.0890 e. The SMILES string of the molecule is CCCCN1C=CN(C)C1.c1ccc2ncccc2c1. The highest BCUT2D eigenvalue weighted by molar-refractivity contribution is 5.77. The van der Waals surface area contributed by atoms with Crippen molar-refractivity contribution < 1.29 is 0 Å². The van der Waals surface area contributed by atoms with Crippen LogP contribution in [-0.2, 0) is 0 Å². The lowest BCUT2D eigenvalue weighted by Crippen LogP contribution is -2.23. The molecule has 0 amide bonds. The van der Waals surface area contributed by atoms with Crippen LogP contribution in [0.4, 0.5) is 0 Å². The third-order valence-corrected chi connectivity index (χ3v) is 3.25. The molecule has 3 heteroatoms. The number of pyridine rings is 1. The molecule has 0 saturated carbocycles. The molecule has 3 rings (SSSR count). The molecule has 0 aliphatic carbocycles. The van der Waals surface area contributed by atoms with Crippen LogP contribution in [0.5, 0.6) is 0 Å². The summed E-state index contributed by atoms with van der Waals surface area (Å²) < 4.78 is 0. The lowest BCUT2D eigenvalue weighted by atomic mass is 10.2. The predicted molar refractivity (Wildman–Crippen MR) is 85.1 cm³/mol. The fourth-order valence-corrected chi connectivity index (χ4v) is 2.11. The number of hydrogen-bond donors (Lipinski definition) is 0. The van der Waals surface area contributed by atoms with Crippen LogP contribution in [0.1, 0.15) is 19.8 Å². The quantitative estimate of drug-likeness (QED) is 0.847. The van der Waals surface area contributed by atoms with E-state index in [2.05, 4.69) is 53.3 Å². The van der Waals surface area contributed by atoms with E-state index in [1.54, 1.807) is 0 Å². The molecule has 0 N–H and O–H groups in total. The molecule has 0 fully saturated rings. The second-order valence-electron chi connectivity index (χ2n) is 5.06. The number of aromatic nitrogens is 1. The van der Waals surface area contributed by atoms with Gasteiger partial charge in [-0.2, -0.15) is 0 Å². The maximum absolute atomic E-state index is 4.18. The van der Waals surface area contributed by atoms with Gasteiger partial charge < -0.3 is 9.80 Å². The largest absolute Gasteiger partial charge is 0.362 e. The molecule has 0 unspecified atom stereocenters.